The van der Waals surface area contributed by atoms with E-state index >= 15 is 0 Å². The Labute approximate surface area is 180 Å². The first kappa shape index (κ1) is 19.6. The van der Waals surface area contributed by atoms with Gasteiger partial charge in [-0.1, -0.05) is 36.4 Å². The lowest BCUT2D eigenvalue weighted by molar-refractivity contribution is 0.412. The minimum atomic E-state index is -0.195. The van der Waals surface area contributed by atoms with E-state index < -0.39 is 0 Å². The van der Waals surface area contributed by atoms with Gasteiger partial charge in [0.2, 0.25) is 0 Å². The minimum Gasteiger partial charge on any atom is -0.354 e. The molecule has 4 aromatic rings. The fourth-order valence-corrected chi connectivity index (χ4v) is 4.28. The van der Waals surface area contributed by atoms with Crippen LogP contribution in [0.2, 0.25) is 0 Å². The fourth-order valence-electron chi connectivity index (χ4n) is 4.28. The van der Waals surface area contributed by atoms with Gasteiger partial charge < -0.3 is 10.2 Å². The zero-order chi connectivity index (χ0) is 21.2. The first-order valence-corrected chi connectivity index (χ1v) is 10.7. The monoisotopic (exact) mass is 416 g/mol. The van der Waals surface area contributed by atoms with Gasteiger partial charge in [-0.25, -0.2) is 4.39 Å². The molecule has 0 amide bonds. The highest BCUT2D eigenvalue weighted by molar-refractivity contribution is 5.99. The number of aryl methyl sites for hydroxylation is 1. The van der Waals surface area contributed by atoms with Gasteiger partial charge in [0, 0.05) is 49.7 Å². The highest BCUT2D eigenvalue weighted by Gasteiger charge is 2.23. The van der Waals surface area contributed by atoms with E-state index in [2.05, 4.69) is 43.7 Å². The molecule has 0 spiro atoms. The number of benzene rings is 2. The normalized spacial score (nSPS) is 15.0. The SMILES string of the molecule is Cn1nccc1-c1nnc(N2CCC(NCc3ccc(F)cc3)CC2)c2ccccc12. The van der Waals surface area contributed by atoms with E-state index in [0.717, 1.165) is 66.0 Å². The number of hydrogen-bond acceptors (Lipinski definition) is 5. The number of hydrogen-bond donors (Lipinski definition) is 1. The summed E-state index contributed by atoms with van der Waals surface area (Å²) in [5.41, 5.74) is 2.92. The van der Waals surface area contributed by atoms with E-state index in [0.29, 0.717) is 6.04 Å². The quantitative estimate of drug-likeness (QED) is 0.534. The van der Waals surface area contributed by atoms with Gasteiger partial charge in [0.1, 0.15) is 11.5 Å². The smallest absolute Gasteiger partial charge is 0.159 e. The Morgan fingerprint density at radius 2 is 1.71 bits per heavy atom. The Morgan fingerprint density at radius 1 is 0.968 bits per heavy atom. The molecular formula is C24H25FN6. The van der Waals surface area contributed by atoms with E-state index in [4.69, 9.17) is 0 Å². The van der Waals surface area contributed by atoms with Gasteiger partial charge in [0.25, 0.3) is 0 Å². The molecule has 6 nitrogen and oxygen atoms in total. The Bertz CT molecular complexity index is 1180. The number of fused-ring (bicyclic) bond motifs is 1. The Kier molecular flexibility index (Phi) is 5.34. The van der Waals surface area contributed by atoms with Crippen molar-refractivity contribution in [2.45, 2.75) is 25.4 Å². The van der Waals surface area contributed by atoms with Gasteiger partial charge in [-0.15, -0.1) is 10.2 Å². The summed E-state index contributed by atoms with van der Waals surface area (Å²) in [5, 5.41) is 19.3. The maximum absolute atomic E-state index is 13.1. The van der Waals surface area contributed by atoms with Crippen LogP contribution in [0.4, 0.5) is 10.2 Å². The minimum absolute atomic E-state index is 0.195. The molecule has 1 N–H and O–H groups in total. The van der Waals surface area contributed by atoms with Crippen LogP contribution in [0.5, 0.6) is 0 Å². The highest BCUT2D eigenvalue weighted by Crippen LogP contribution is 2.32. The number of rotatable bonds is 5. The van der Waals surface area contributed by atoms with Crippen molar-refractivity contribution in [2.24, 2.45) is 7.05 Å². The number of piperidine rings is 1. The summed E-state index contributed by atoms with van der Waals surface area (Å²) >= 11 is 0. The van der Waals surface area contributed by atoms with Crippen LogP contribution in [0.25, 0.3) is 22.2 Å². The van der Waals surface area contributed by atoms with Crippen molar-refractivity contribution in [3.8, 4) is 11.4 Å². The number of nitrogens with one attached hydrogen (secondary N) is 1. The molecule has 31 heavy (non-hydrogen) atoms. The maximum atomic E-state index is 13.1. The average Bonchev–Trinajstić information content (AvgIpc) is 3.24. The van der Waals surface area contributed by atoms with Gasteiger partial charge in [-0.2, -0.15) is 5.10 Å². The van der Waals surface area contributed by atoms with Gasteiger partial charge >= 0.3 is 0 Å². The molecule has 0 saturated carbocycles. The van der Waals surface area contributed by atoms with Crippen LogP contribution >= 0.6 is 0 Å². The molecule has 2 aromatic heterocycles. The maximum Gasteiger partial charge on any atom is 0.159 e. The van der Waals surface area contributed by atoms with E-state index in [1.54, 1.807) is 6.20 Å². The second-order valence-electron chi connectivity index (χ2n) is 8.03. The second kappa shape index (κ2) is 8.43. The molecule has 2 aromatic carbocycles. The van der Waals surface area contributed by atoms with Gasteiger partial charge in [-0.3, -0.25) is 4.68 Å². The van der Waals surface area contributed by atoms with Crippen LogP contribution in [0, 0.1) is 5.82 Å². The van der Waals surface area contributed by atoms with Crippen LogP contribution < -0.4 is 10.2 Å². The molecule has 1 fully saturated rings. The van der Waals surface area contributed by atoms with Crippen molar-refractivity contribution in [3.63, 3.8) is 0 Å². The molecule has 0 unspecified atom stereocenters. The summed E-state index contributed by atoms with van der Waals surface area (Å²) in [4.78, 5) is 2.33. The van der Waals surface area contributed by atoms with Crippen molar-refractivity contribution in [1.29, 1.82) is 0 Å². The number of nitrogens with zero attached hydrogens (tertiary/aromatic N) is 5. The molecule has 5 rings (SSSR count). The molecule has 1 aliphatic rings. The molecule has 3 heterocycles. The zero-order valence-corrected chi connectivity index (χ0v) is 17.5. The van der Waals surface area contributed by atoms with E-state index in [1.807, 2.05) is 36.0 Å². The van der Waals surface area contributed by atoms with E-state index in [1.165, 1.54) is 12.1 Å². The summed E-state index contributed by atoms with van der Waals surface area (Å²) in [7, 11) is 1.92. The first-order chi connectivity index (χ1) is 15.2. The topological polar surface area (TPSA) is 58.9 Å². The van der Waals surface area contributed by atoms with Crippen LogP contribution in [0.15, 0.2) is 60.8 Å². The lowest BCUT2D eigenvalue weighted by Gasteiger charge is -2.33. The van der Waals surface area contributed by atoms with Crippen LogP contribution in [0.1, 0.15) is 18.4 Å². The standard InChI is InChI=1S/C24H25FN6/c1-30-22(10-13-27-30)23-20-4-2-3-5-21(20)24(29-28-23)31-14-11-19(12-15-31)26-16-17-6-8-18(25)9-7-17/h2-10,13,19,26H,11-12,14-16H2,1H3. The fraction of sp³-hybridized carbons (Fsp3) is 0.292. The summed E-state index contributed by atoms with van der Waals surface area (Å²) in [6.45, 7) is 2.60. The summed E-state index contributed by atoms with van der Waals surface area (Å²) in [6, 6.07) is 17.4. The number of aromatic nitrogens is 4. The largest absolute Gasteiger partial charge is 0.354 e. The van der Waals surface area contributed by atoms with E-state index in [9.17, 15) is 4.39 Å². The van der Waals surface area contributed by atoms with Crippen molar-refractivity contribution in [3.05, 3.63) is 72.2 Å². The van der Waals surface area contributed by atoms with Crippen molar-refractivity contribution < 1.29 is 4.39 Å². The zero-order valence-electron chi connectivity index (χ0n) is 17.5. The molecule has 0 radical (unpaired) electrons. The molecule has 0 aliphatic carbocycles. The Morgan fingerprint density at radius 3 is 2.42 bits per heavy atom. The van der Waals surface area contributed by atoms with Crippen LogP contribution in [-0.4, -0.2) is 39.1 Å². The summed E-state index contributed by atoms with van der Waals surface area (Å²) in [6.07, 6.45) is 3.84. The third kappa shape index (κ3) is 4.01. The molecule has 0 atom stereocenters. The molecule has 1 saturated heterocycles. The third-order valence-corrected chi connectivity index (χ3v) is 6.03. The Balaban J connectivity index is 1.31. The molecule has 158 valence electrons. The first-order valence-electron chi connectivity index (χ1n) is 10.7. The predicted molar refractivity (Wildman–Crippen MR) is 120 cm³/mol. The molecule has 0 bridgehead atoms. The molecular weight excluding hydrogens is 391 g/mol. The Hall–Kier alpha value is -3.32. The summed E-state index contributed by atoms with van der Waals surface area (Å²) in [5.74, 6) is 0.748. The van der Waals surface area contributed by atoms with Crippen molar-refractivity contribution >= 4 is 16.6 Å². The van der Waals surface area contributed by atoms with Crippen molar-refractivity contribution in [2.75, 3.05) is 18.0 Å². The van der Waals surface area contributed by atoms with Gasteiger partial charge in [-0.05, 0) is 36.6 Å². The third-order valence-electron chi connectivity index (χ3n) is 6.03. The van der Waals surface area contributed by atoms with Crippen LogP contribution in [0.3, 0.4) is 0 Å². The second-order valence-corrected chi connectivity index (χ2v) is 8.03. The van der Waals surface area contributed by atoms with Gasteiger partial charge in [0.05, 0.1) is 5.69 Å². The lowest BCUT2D eigenvalue weighted by Crippen LogP contribution is -2.42. The average molecular weight is 417 g/mol. The highest BCUT2D eigenvalue weighted by atomic mass is 19.1. The van der Waals surface area contributed by atoms with Crippen LogP contribution in [-0.2, 0) is 13.6 Å². The molecule has 7 heteroatoms. The van der Waals surface area contributed by atoms with E-state index in [-0.39, 0.29) is 5.82 Å². The van der Waals surface area contributed by atoms with Crippen molar-refractivity contribution in [1.82, 2.24) is 25.3 Å². The lowest BCUT2D eigenvalue weighted by atomic mass is 10.0. The number of anilines is 1. The molecule has 1 aliphatic heterocycles. The summed E-state index contributed by atoms with van der Waals surface area (Å²) < 4.78 is 14.9. The predicted octanol–water partition coefficient (Wildman–Crippen LogP) is 3.93. The number of halogens is 1. The van der Waals surface area contributed by atoms with Gasteiger partial charge in [0.15, 0.2) is 5.82 Å².